The van der Waals surface area contributed by atoms with Crippen molar-refractivity contribution in [1.29, 1.82) is 0 Å². The number of likely N-dealkylation sites (N-methyl/N-ethyl adjacent to an activating group) is 1. The summed E-state index contributed by atoms with van der Waals surface area (Å²) in [6.45, 7) is 12.3. The zero-order chi connectivity index (χ0) is 22.0. The van der Waals surface area contributed by atoms with Gasteiger partial charge in [0, 0.05) is 12.7 Å². The van der Waals surface area contributed by atoms with Gasteiger partial charge in [0.05, 0.1) is 5.56 Å². The van der Waals surface area contributed by atoms with E-state index >= 15 is 0 Å². The van der Waals surface area contributed by atoms with Gasteiger partial charge < -0.3 is 14.3 Å². The van der Waals surface area contributed by atoms with Gasteiger partial charge in [-0.25, -0.2) is 19.5 Å². The zero-order valence-corrected chi connectivity index (χ0v) is 21.4. The molecule has 0 N–H and O–H groups in total. The molecule has 1 heterocycles. The minimum atomic E-state index is -2.86. The summed E-state index contributed by atoms with van der Waals surface area (Å²) < 4.78 is 38.8. The fourth-order valence-electron chi connectivity index (χ4n) is 2.23. The molecule has 0 aliphatic carbocycles. The number of allylic oxidation sites excluding steroid dienone is 2. The molecule has 1 aromatic heterocycles. The van der Waals surface area contributed by atoms with Crippen molar-refractivity contribution >= 4 is 6.29 Å². The third kappa shape index (κ3) is 12.1. The van der Waals surface area contributed by atoms with E-state index in [4.69, 9.17) is 0 Å². The molecule has 0 saturated carbocycles. The SMILES string of the molecule is C=C(C)C(=C)F.CC(C)CC([C-]=O)n1cc(CCN(C)C)cc(C(F)F)c1=O.[K+]. The Hall–Kier alpha value is -0.514. The van der Waals surface area contributed by atoms with E-state index < -0.39 is 29.4 Å². The van der Waals surface area contributed by atoms with Gasteiger partial charge in [0.1, 0.15) is 5.83 Å². The van der Waals surface area contributed by atoms with E-state index in [1.165, 1.54) is 12.3 Å². The average molecular weight is 439 g/mol. The predicted molar refractivity (Wildman–Crippen MR) is 107 cm³/mol. The van der Waals surface area contributed by atoms with Gasteiger partial charge >= 0.3 is 51.4 Å². The first-order valence-electron chi connectivity index (χ1n) is 8.96. The number of hydrogen-bond acceptors (Lipinski definition) is 3. The zero-order valence-electron chi connectivity index (χ0n) is 18.3. The number of rotatable bonds is 9. The third-order valence-electron chi connectivity index (χ3n) is 3.84. The fraction of sp³-hybridized carbons (Fsp3) is 0.524. The van der Waals surface area contributed by atoms with Crippen molar-refractivity contribution in [3.8, 4) is 0 Å². The van der Waals surface area contributed by atoms with Crippen LogP contribution in [0.5, 0.6) is 0 Å². The van der Waals surface area contributed by atoms with Gasteiger partial charge in [0.2, 0.25) is 0 Å². The topological polar surface area (TPSA) is 42.3 Å². The minimum absolute atomic E-state index is 0. The van der Waals surface area contributed by atoms with Crippen molar-refractivity contribution in [3.05, 3.63) is 58.3 Å². The van der Waals surface area contributed by atoms with E-state index in [9.17, 15) is 22.8 Å². The summed E-state index contributed by atoms with van der Waals surface area (Å²) in [6, 6.07) is 0.411. The van der Waals surface area contributed by atoms with E-state index in [1.54, 1.807) is 13.2 Å². The minimum Gasteiger partial charge on any atom is -0.540 e. The predicted octanol–water partition coefficient (Wildman–Crippen LogP) is 1.64. The van der Waals surface area contributed by atoms with Crippen LogP contribution < -0.4 is 56.9 Å². The van der Waals surface area contributed by atoms with Gasteiger partial charge in [-0.05, 0) is 50.6 Å². The molecule has 1 unspecified atom stereocenters. The fourth-order valence-corrected chi connectivity index (χ4v) is 2.23. The number of halogens is 3. The molecular weight excluding hydrogens is 408 g/mol. The molecule has 158 valence electrons. The Morgan fingerprint density at radius 2 is 1.79 bits per heavy atom. The smallest absolute Gasteiger partial charge is 0.540 e. The molecule has 8 heteroatoms. The van der Waals surface area contributed by atoms with Gasteiger partial charge in [-0.1, -0.05) is 39.5 Å². The second-order valence-electron chi connectivity index (χ2n) is 7.32. The van der Waals surface area contributed by atoms with Crippen LogP contribution in [-0.4, -0.2) is 36.4 Å². The van der Waals surface area contributed by atoms with Crippen LogP contribution in [0.4, 0.5) is 13.2 Å². The maximum absolute atomic E-state index is 13.1. The van der Waals surface area contributed by atoms with Crippen LogP contribution >= 0.6 is 0 Å². The molecule has 0 bridgehead atoms. The normalized spacial score (nSPS) is 11.6. The number of pyridine rings is 1. The largest absolute Gasteiger partial charge is 1.00 e. The summed E-state index contributed by atoms with van der Waals surface area (Å²) in [5.41, 5.74) is -0.347. The Balaban J connectivity index is 0. The maximum Gasteiger partial charge on any atom is 1.00 e. The van der Waals surface area contributed by atoms with E-state index in [1.807, 2.05) is 32.8 Å². The number of carbonyl (C=O) groups excluding carboxylic acids is 1. The monoisotopic (exact) mass is 438 g/mol. The number of hydrogen-bond donors (Lipinski definition) is 0. The average Bonchev–Trinajstić information content (AvgIpc) is 2.58. The summed E-state index contributed by atoms with van der Waals surface area (Å²) >= 11 is 0. The molecule has 0 saturated heterocycles. The van der Waals surface area contributed by atoms with Crippen molar-refractivity contribution in [2.75, 3.05) is 20.6 Å². The molecule has 0 aliphatic rings. The summed E-state index contributed by atoms with van der Waals surface area (Å²) in [4.78, 5) is 25.3. The first kappa shape index (κ1) is 30.7. The number of nitrogens with zero attached hydrogens (tertiary/aromatic N) is 2. The molecule has 0 aromatic carbocycles. The Bertz CT molecular complexity index is 719. The molecule has 0 aliphatic heterocycles. The first-order valence-corrected chi connectivity index (χ1v) is 8.96. The van der Waals surface area contributed by atoms with E-state index in [-0.39, 0.29) is 57.3 Å². The molecule has 1 atom stereocenters. The Kier molecular flexibility index (Phi) is 16.2. The van der Waals surface area contributed by atoms with Crippen LogP contribution in [0.1, 0.15) is 50.8 Å². The molecular formula is C21H30F3KN2O2. The van der Waals surface area contributed by atoms with Crippen LogP contribution in [0.25, 0.3) is 0 Å². The van der Waals surface area contributed by atoms with Gasteiger partial charge in [-0.2, -0.15) is 0 Å². The summed E-state index contributed by atoms with van der Waals surface area (Å²) in [5.74, 6) is -0.284. The van der Waals surface area contributed by atoms with Crippen molar-refractivity contribution in [3.63, 3.8) is 0 Å². The summed E-state index contributed by atoms with van der Waals surface area (Å²) in [6.07, 6.45) is 1.38. The number of alkyl halides is 2. The standard InChI is InChI=1S/C16H23F2N2O2.C5H7F.K/c1-11(2)7-13(10-21)20-9-12(5-6-19(3)4)8-14(15(17)18)16(20)22;1-4(2)5(3)6;/h8-9,11,13,15H,5-7H2,1-4H3;1,3H2,2H3;/q-1;;+1. The molecule has 0 fully saturated rings. The van der Waals surface area contributed by atoms with Gasteiger partial charge in [0.25, 0.3) is 12.0 Å². The summed E-state index contributed by atoms with van der Waals surface area (Å²) in [5, 5.41) is 0. The van der Waals surface area contributed by atoms with Crippen molar-refractivity contribution in [2.24, 2.45) is 5.92 Å². The van der Waals surface area contributed by atoms with Crippen LogP contribution in [0.15, 0.2) is 41.6 Å². The molecule has 4 nitrogen and oxygen atoms in total. The Morgan fingerprint density at radius 1 is 1.28 bits per heavy atom. The summed E-state index contributed by atoms with van der Waals surface area (Å²) in [7, 11) is 3.76. The molecule has 0 amide bonds. The second kappa shape index (κ2) is 15.3. The molecule has 0 radical (unpaired) electrons. The van der Waals surface area contributed by atoms with Gasteiger partial charge in [0.15, 0.2) is 0 Å². The van der Waals surface area contributed by atoms with Gasteiger partial charge in [-0.3, -0.25) is 4.79 Å². The van der Waals surface area contributed by atoms with Crippen LogP contribution in [0.2, 0.25) is 0 Å². The first-order chi connectivity index (χ1) is 12.9. The molecule has 1 aromatic rings. The van der Waals surface area contributed by atoms with Crippen LogP contribution in [0, 0.1) is 5.92 Å². The van der Waals surface area contributed by atoms with E-state index in [0.717, 1.165) is 4.57 Å². The molecule has 1 rings (SSSR count). The third-order valence-corrected chi connectivity index (χ3v) is 3.84. The Morgan fingerprint density at radius 3 is 2.14 bits per heavy atom. The second-order valence-corrected chi connectivity index (χ2v) is 7.32. The van der Waals surface area contributed by atoms with Crippen molar-refractivity contribution in [2.45, 2.75) is 46.1 Å². The quantitative estimate of drug-likeness (QED) is 0.334. The van der Waals surface area contributed by atoms with E-state index in [0.29, 0.717) is 30.5 Å². The van der Waals surface area contributed by atoms with Crippen molar-refractivity contribution < 1.29 is 69.4 Å². The van der Waals surface area contributed by atoms with Gasteiger partial charge in [-0.15, -0.1) is 0 Å². The Labute approximate surface area is 214 Å². The van der Waals surface area contributed by atoms with Crippen molar-refractivity contribution in [1.82, 2.24) is 9.47 Å². The van der Waals surface area contributed by atoms with E-state index in [2.05, 4.69) is 13.2 Å². The maximum atomic E-state index is 13.1. The van der Waals surface area contributed by atoms with Crippen LogP contribution in [0.3, 0.4) is 0 Å². The number of aromatic nitrogens is 1. The molecule has 29 heavy (non-hydrogen) atoms. The van der Waals surface area contributed by atoms with Crippen LogP contribution in [-0.2, 0) is 11.2 Å². The molecule has 0 spiro atoms.